The van der Waals surface area contributed by atoms with Crippen LogP contribution < -0.4 is 10.6 Å². The topological polar surface area (TPSA) is 109 Å². The van der Waals surface area contributed by atoms with E-state index in [-0.39, 0.29) is 29.8 Å². The summed E-state index contributed by atoms with van der Waals surface area (Å²) >= 11 is 6.49. The molecule has 0 saturated carbocycles. The van der Waals surface area contributed by atoms with E-state index in [2.05, 4.69) is 68.8 Å². The Balaban J connectivity index is 1.48. The fourth-order valence-electron chi connectivity index (χ4n) is 4.99. The highest BCUT2D eigenvalue weighted by molar-refractivity contribution is 6.34. The Kier molecular flexibility index (Phi) is 5.91. The molecule has 3 atom stereocenters. The molecule has 0 aliphatic carbocycles. The molecule has 0 amide bonds. The fourth-order valence-corrected chi connectivity index (χ4v) is 5.30. The van der Waals surface area contributed by atoms with E-state index < -0.39 is 5.69 Å². The molecule has 0 N–H and O–H groups in total. The summed E-state index contributed by atoms with van der Waals surface area (Å²) in [6.45, 7) is 7.93. The lowest BCUT2D eigenvalue weighted by Crippen LogP contribution is -2.57. The van der Waals surface area contributed by atoms with E-state index in [0.717, 1.165) is 17.6 Å². The lowest BCUT2D eigenvalue weighted by Gasteiger charge is -2.47. The van der Waals surface area contributed by atoms with Crippen molar-refractivity contribution in [2.45, 2.75) is 45.4 Å². The van der Waals surface area contributed by atoms with Crippen LogP contribution in [0.1, 0.15) is 32.4 Å². The Morgan fingerprint density at radius 1 is 1.17 bits per heavy atom. The minimum absolute atomic E-state index is 0.00543. The van der Waals surface area contributed by atoms with E-state index in [1.54, 1.807) is 19.4 Å². The van der Waals surface area contributed by atoms with Gasteiger partial charge in [0.25, 0.3) is 0 Å². The van der Waals surface area contributed by atoms with Gasteiger partial charge in [-0.3, -0.25) is 19.4 Å². The second-order valence-electron chi connectivity index (χ2n) is 9.11. The zero-order valence-electron chi connectivity index (χ0n) is 20.1. The first-order valence-corrected chi connectivity index (χ1v) is 11.9. The van der Waals surface area contributed by atoms with Gasteiger partial charge in [0.2, 0.25) is 0 Å². The van der Waals surface area contributed by atoms with Crippen molar-refractivity contribution in [3.8, 4) is 6.07 Å². The number of hydrogen-bond donors (Lipinski definition) is 0. The third-order valence-electron chi connectivity index (χ3n) is 6.90. The third kappa shape index (κ3) is 3.90. The van der Waals surface area contributed by atoms with Crippen LogP contribution in [0.2, 0.25) is 5.15 Å². The monoisotopic (exact) mass is 491 g/mol. The number of nitriles is 1. The molecule has 0 spiro atoms. The van der Waals surface area contributed by atoms with Gasteiger partial charge in [0.15, 0.2) is 16.5 Å². The first-order valence-electron chi connectivity index (χ1n) is 11.5. The van der Waals surface area contributed by atoms with E-state index in [1.165, 1.54) is 14.8 Å². The van der Waals surface area contributed by atoms with Gasteiger partial charge in [-0.15, -0.1) is 0 Å². The van der Waals surface area contributed by atoms with Crippen molar-refractivity contribution in [2.24, 2.45) is 7.05 Å². The molecule has 11 heteroatoms. The molecule has 10 nitrogen and oxygen atoms in total. The van der Waals surface area contributed by atoms with Gasteiger partial charge in [-0.1, -0.05) is 17.7 Å². The molecular formula is C24H26ClN9O. The maximum absolute atomic E-state index is 12.7. The van der Waals surface area contributed by atoms with Gasteiger partial charge in [0.05, 0.1) is 17.1 Å². The highest BCUT2D eigenvalue weighted by Crippen LogP contribution is 2.33. The van der Waals surface area contributed by atoms with Crippen molar-refractivity contribution in [3.63, 3.8) is 0 Å². The first kappa shape index (κ1) is 23.2. The Morgan fingerprint density at radius 2 is 1.91 bits per heavy atom. The SMILES string of the molecule is C[C@@H]1CN(c2nc(=O)n(C)c3c(Cl)n(CC#N)nc23)[C@@H](C)CN1[C@H](C)c1ccc2nccnc2c1. The van der Waals surface area contributed by atoms with Crippen LogP contribution in [0.5, 0.6) is 0 Å². The first-order chi connectivity index (χ1) is 16.8. The maximum Gasteiger partial charge on any atom is 0.349 e. The Bertz CT molecular complexity index is 1520. The van der Waals surface area contributed by atoms with Crippen molar-refractivity contribution in [1.29, 1.82) is 5.26 Å². The van der Waals surface area contributed by atoms with E-state index in [0.29, 0.717) is 23.4 Å². The quantitative estimate of drug-likeness (QED) is 0.428. The van der Waals surface area contributed by atoms with E-state index in [4.69, 9.17) is 16.9 Å². The van der Waals surface area contributed by atoms with Gasteiger partial charge in [-0.25, -0.2) is 9.48 Å². The molecule has 4 heterocycles. The molecule has 3 aromatic heterocycles. The number of rotatable bonds is 4. The summed E-state index contributed by atoms with van der Waals surface area (Å²) in [7, 11) is 1.62. The molecule has 0 radical (unpaired) electrons. The summed E-state index contributed by atoms with van der Waals surface area (Å²) in [4.78, 5) is 30.5. The van der Waals surface area contributed by atoms with Crippen LogP contribution in [0.3, 0.4) is 0 Å². The molecule has 1 fully saturated rings. The molecule has 5 rings (SSSR count). The maximum atomic E-state index is 12.7. The van der Waals surface area contributed by atoms with Crippen LogP contribution >= 0.6 is 11.6 Å². The van der Waals surface area contributed by atoms with Crippen LogP contribution in [0.4, 0.5) is 5.82 Å². The van der Waals surface area contributed by atoms with E-state index >= 15 is 0 Å². The number of hydrogen-bond acceptors (Lipinski definition) is 8. The van der Waals surface area contributed by atoms with Crippen LogP contribution in [0.25, 0.3) is 22.1 Å². The van der Waals surface area contributed by atoms with Gasteiger partial charge < -0.3 is 4.90 Å². The second kappa shape index (κ2) is 8.91. The number of nitrogens with zero attached hydrogens (tertiary/aromatic N) is 9. The number of halogens is 1. The van der Waals surface area contributed by atoms with Crippen molar-refractivity contribution >= 4 is 39.5 Å². The third-order valence-corrected chi connectivity index (χ3v) is 7.28. The van der Waals surface area contributed by atoms with Crippen LogP contribution in [-0.2, 0) is 13.6 Å². The normalized spacial score (nSPS) is 19.8. The van der Waals surface area contributed by atoms with Crippen molar-refractivity contribution in [1.82, 2.24) is 34.2 Å². The largest absolute Gasteiger partial charge is 0.349 e. The summed E-state index contributed by atoms with van der Waals surface area (Å²) in [5.74, 6) is 0.509. The lowest BCUT2D eigenvalue weighted by molar-refractivity contribution is 0.119. The molecule has 0 unspecified atom stereocenters. The summed E-state index contributed by atoms with van der Waals surface area (Å²) in [6, 6.07) is 8.70. The minimum atomic E-state index is -0.404. The van der Waals surface area contributed by atoms with Crippen molar-refractivity contribution < 1.29 is 0 Å². The number of anilines is 1. The zero-order valence-corrected chi connectivity index (χ0v) is 20.8. The second-order valence-corrected chi connectivity index (χ2v) is 9.47. The van der Waals surface area contributed by atoms with Gasteiger partial charge in [-0.2, -0.15) is 15.3 Å². The molecule has 1 saturated heterocycles. The van der Waals surface area contributed by atoms with Crippen molar-refractivity contribution in [3.05, 3.63) is 51.8 Å². The minimum Gasteiger partial charge on any atom is -0.349 e. The molecule has 1 aliphatic heterocycles. The molecule has 180 valence electrons. The average molecular weight is 492 g/mol. The smallest absolute Gasteiger partial charge is 0.349 e. The Hall–Kier alpha value is -3.55. The standard InChI is InChI=1S/C24H26ClN9O/c1-14-13-33(23-20-21(31(4)24(35)29-23)22(25)34(30-20)10-7-26)15(2)12-32(14)16(3)17-5-6-18-19(11-17)28-9-8-27-18/h5-6,8-9,11,14-16H,10,12-13H2,1-4H3/t14-,15+,16-/m1/s1. The summed E-state index contributed by atoms with van der Waals surface area (Å²) < 4.78 is 2.79. The molecular weight excluding hydrogens is 466 g/mol. The van der Waals surface area contributed by atoms with E-state index in [1.807, 2.05) is 6.07 Å². The number of aromatic nitrogens is 6. The van der Waals surface area contributed by atoms with Crippen molar-refractivity contribution in [2.75, 3.05) is 18.0 Å². The predicted molar refractivity (Wildman–Crippen MR) is 134 cm³/mol. The van der Waals surface area contributed by atoms with Gasteiger partial charge in [0.1, 0.15) is 12.1 Å². The summed E-state index contributed by atoms with van der Waals surface area (Å²) in [5, 5.41) is 13.9. The van der Waals surface area contributed by atoms with Gasteiger partial charge >= 0.3 is 5.69 Å². The molecule has 1 aliphatic rings. The highest BCUT2D eigenvalue weighted by Gasteiger charge is 2.35. The van der Waals surface area contributed by atoms with Crippen LogP contribution in [0.15, 0.2) is 35.4 Å². The summed E-state index contributed by atoms with van der Waals surface area (Å²) in [6.07, 6.45) is 3.41. The summed E-state index contributed by atoms with van der Waals surface area (Å²) in [5.41, 5.74) is 3.56. The van der Waals surface area contributed by atoms with Gasteiger partial charge in [-0.05, 0) is 38.5 Å². The zero-order chi connectivity index (χ0) is 24.9. The molecule has 1 aromatic carbocycles. The molecule has 35 heavy (non-hydrogen) atoms. The van der Waals surface area contributed by atoms with Crippen LogP contribution in [0, 0.1) is 11.3 Å². The molecule has 4 aromatic rings. The number of piperazine rings is 1. The average Bonchev–Trinajstić information content (AvgIpc) is 3.18. The predicted octanol–water partition coefficient (Wildman–Crippen LogP) is 2.91. The van der Waals surface area contributed by atoms with Gasteiger partial charge in [0, 0.05) is 50.7 Å². The number of fused-ring (bicyclic) bond motifs is 2. The van der Waals surface area contributed by atoms with E-state index in [9.17, 15) is 4.79 Å². The lowest BCUT2D eigenvalue weighted by atomic mass is 10.00. The molecule has 0 bridgehead atoms. The highest BCUT2D eigenvalue weighted by atomic mass is 35.5. The fraction of sp³-hybridized carbons (Fsp3) is 0.417. The number of benzene rings is 1. The Morgan fingerprint density at radius 3 is 2.66 bits per heavy atom. The Labute approximate surface area is 207 Å². The van der Waals surface area contributed by atoms with Crippen LogP contribution in [-0.4, -0.2) is 59.4 Å². The number of aryl methyl sites for hydroxylation is 1.